The van der Waals surface area contributed by atoms with Crippen LogP contribution in [0.2, 0.25) is 0 Å². The SMILES string of the molecule is O=C(CN1CCCc2ccccc21)Nc1nnc(-c2ccncc2)[nH]1. The molecule has 1 amide bonds. The molecule has 126 valence electrons. The molecule has 1 aliphatic rings. The number of pyridine rings is 1. The number of aryl methyl sites for hydroxylation is 1. The first-order valence-electron chi connectivity index (χ1n) is 8.25. The second-order valence-corrected chi connectivity index (χ2v) is 5.96. The van der Waals surface area contributed by atoms with E-state index in [1.807, 2.05) is 24.3 Å². The first-order chi connectivity index (χ1) is 12.3. The predicted molar refractivity (Wildman–Crippen MR) is 95.2 cm³/mol. The number of aromatic amines is 1. The average molecular weight is 334 g/mol. The highest BCUT2D eigenvalue weighted by Crippen LogP contribution is 2.26. The van der Waals surface area contributed by atoms with E-state index in [4.69, 9.17) is 0 Å². The lowest BCUT2D eigenvalue weighted by atomic mass is 10.0. The number of carbonyl (C=O) groups excluding carboxylic acids is 1. The van der Waals surface area contributed by atoms with Gasteiger partial charge in [-0.15, -0.1) is 10.2 Å². The standard InChI is InChI=1S/C18H18N6O/c25-16(12-24-11-3-5-13-4-1-2-6-15(13)24)20-18-21-17(22-23-18)14-7-9-19-10-8-14/h1-2,4,6-10H,3,5,11-12H2,(H2,20,21,22,23,25). The lowest BCUT2D eigenvalue weighted by molar-refractivity contribution is -0.115. The molecule has 4 rings (SSSR count). The molecule has 2 N–H and O–H groups in total. The molecule has 2 aromatic heterocycles. The Morgan fingerprint density at radius 1 is 1.16 bits per heavy atom. The third kappa shape index (κ3) is 3.35. The number of carbonyl (C=O) groups is 1. The molecule has 1 aliphatic heterocycles. The van der Waals surface area contributed by atoms with Crippen molar-refractivity contribution in [2.75, 3.05) is 23.3 Å². The Labute approximate surface area is 145 Å². The van der Waals surface area contributed by atoms with Gasteiger partial charge in [-0.25, -0.2) is 0 Å². The number of benzene rings is 1. The normalized spacial score (nSPS) is 13.4. The van der Waals surface area contributed by atoms with Gasteiger partial charge in [0.1, 0.15) is 0 Å². The van der Waals surface area contributed by atoms with Crippen molar-refractivity contribution in [3.63, 3.8) is 0 Å². The number of para-hydroxylation sites is 1. The third-order valence-corrected chi connectivity index (χ3v) is 4.24. The van der Waals surface area contributed by atoms with Crippen molar-refractivity contribution in [2.45, 2.75) is 12.8 Å². The number of hydrogen-bond acceptors (Lipinski definition) is 5. The van der Waals surface area contributed by atoms with E-state index >= 15 is 0 Å². The van der Waals surface area contributed by atoms with Gasteiger partial charge < -0.3 is 9.88 Å². The quantitative estimate of drug-likeness (QED) is 0.764. The van der Waals surface area contributed by atoms with Crippen molar-refractivity contribution in [3.05, 3.63) is 54.4 Å². The van der Waals surface area contributed by atoms with Crippen LogP contribution in [0.15, 0.2) is 48.8 Å². The Bertz CT molecular complexity index is 876. The molecule has 0 bridgehead atoms. The van der Waals surface area contributed by atoms with E-state index in [1.165, 1.54) is 5.56 Å². The van der Waals surface area contributed by atoms with Crippen LogP contribution in [-0.2, 0) is 11.2 Å². The third-order valence-electron chi connectivity index (χ3n) is 4.24. The fourth-order valence-electron chi connectivity index (χ4n) is 3.08. The zero-order chi connectivity index (χ0) is 17.1. The number of rotatable bonds is 4. The molecule has 0 atom stereocenters. The lowest BCUT2D eigenvalue weighted by Crippen LogP contribution is -2.36. The summed E-state index contributed by atoms with van der Waals surface area (Å²) < 4.78 is 0. The van der Waals surface area contributed by atoms with Crippen molar-refractivity contribution in [1.29, 1.82) is 0 Å². The molecular formula is C18H18N6O. The molecule has 3 aromatic rings. The van der Waals surface area contributed by atoms with E-state index in [0.29, 0.717) is 18.3 Å². The molecule has 7 heteroatoms. The summed E-state index contributed by atoms with van der Waals surface area (Å²) in [6, 6.07) is 11.9. The van der Waals surface area contributed by atoms with Gasteiger partial charge in [0.05, 0.1) is 6.54 Å². The number of hydrogen-bond donors (Lipinski definition) is 2. The van der Waals surface area contributed by atoms with Crippen LogP contribution in [-0.4, -0.2) is 39.2 Å². The Morgan fingerprint density at radius 2 is 2.00 bits per heavy atom. The summed E-state index contributed by atoms with van der Waals surface area (Å²) in [6.45, 7) is 1.17. The van der Waals surface area contributed by atoms with Gasteiger partial charge >= 0.3 is 0 Å². The number of aromatic nitrogens is 4. The highest BCUT2D eigenvalue weighted by Gasteiger charge is 2.19. The van der Waals surface area contributed by atoms with Gasteiger partial charge in [-0.2, -0.15) is 0 Å². The lowest BCUT2D eigenvalue weighted by Gasteiger charge is -2.30. The smallest absolute Gasteiger partial charge is 0.246 e. The van der Waals surface area contributed by atoms with E-state index in [9.17, 15) is 4.79 Å². The van der Waals surface area contributed by atoms with Crippen molar-refractivity contribution in [1.82, 2.24) is 20.2 Å². The average Bonchev–Trinajstić information content (AvgIpc) is 3.11. The summed E-state index contributed by atoms with van der Waals surface area (Å²) in [5.41, 5.74) is 3.30. The molecule has 3 heterocycles. The molecule has 0 spiro atoms. The topological polar surface area (TPSA) is 86.8 Å². The summed E-state index contributed by atoms with van der Waals surface area (Å²) in [7, 11) is 0. The van der Waals surface area contributed by atoms with Gasteiger partial charge in [-0.3, -0.25) is 15.1 Å². The van der Waals surface area contributed by atoms with Crippen molar-refractivity contribution < 1.29 is 4.79 Å². The predicted octanol–water partition coefficient (Wildman–Crippen LogP) is 2.26. The Balaban J connectivity index is 1.43. The summed E-state index contributed by atoms with van der Waals surface area (Å²) >= 11 is 0. The first kappa shape index (κ1) is 15.3. The Kier molecular flexibility index (Phi) is 4.12. The number of nitrogens with one attached hydrogen (secondary N) is 2. The highest BCUT2D eigenvalue weighted by molar-refractivity contribution is 5.93. The Hall–Kier alpha value is -3.22. The fourth-order valence-corrected chi connectivity index (χ4v) is 3.08. The summed E-state index contributed by atoms with van der Waals surface area (Å²) in [5, 5.41) is 10.8. The second-order valence-electron chi connectivity index (χ2n) is 5.96. The maximum atomic E-state index is 12.4. The highest BCUT2D eigenvalue weighted by atomic mass is 16.2. The minimum atomic E-state index is -0.117. The molecule has 0 aliphatic carbocycles. The second kappa shape index (κ2) is 6.72. The number of H-pyrrole nitrogens is 1. The molecular weight excluding hydrogens is 316 g/mol. The minimum Gasteiger partial charge on any atom is -0.362 e. The molecule has 0 fully saturated rings. The van der Waals surface area contributed by atoms with Gasteiger partial charge in [0.2, 0.25) is 11.9 Å². The number of amides is 1. The van der Waals surface area contributed by atoms with Crippen LogP contribution in [0.3, 0.4) is 0 Å². The van der Waals surface area contributed by atoms with Crippen LogP contribution in [0.1, 0.15) is 12.0 Å². The van der Waals surface area contributed by atoms with Crippen LogP contribution in [0.5, 0.6) is 0 Å². The Morgan fingerprint density at radius 3 is 2.88 bits per heavy atom. The van der Waals surface area contributed by atoms with Crippen LogP contribution in [0.25, 0.3) is 11.4 Å². The van der Waals surface area contributed by atoms with Gasteiger partial charge in [0, 0.05) is 30.2 Å². The first-order valence-corrected chi connectivity index (χ1v) is 8.25. The van der Waals surface area contributed by atoms with Gasteiger partial charge in [-0.05, 0) is 36.6 Å². The molecule has 1 aromatic carbocycles. The molecule has 0 saturated carbocycles. The maximum absolute atomic E-state index is 12.4. The van der Waals surface area contributed by atoms with E-state index in [-0.39, 0.29) is 5.91 Å². The molecule has 0 saturated heterocycles. The number of nitrogens with zero attached hydrogens (tertiary/aromatic N) is 4. The number of anilines is 2. The molecule has 25 heavy (non-hydrogen) atoms. The van der Waals surface area contributed by atoms with E-state index < -0.39 is 0 Å². The van der Waals surface area contributed by atoms with Crippen molar-refractivity contribution in [2.24, 2.45) is 0 Å². The van der Waals surface area contributed by atoms with Crippen LogP contribution < -0.4 is 10.2 Å². The van der Waals surface area contributed by atoms with Crippen molar-refractivity contribution >= 4 is 17.5 Å². The summed E-state index contributed by atoms with van der Waals surface area (Å²) in [5.74, 6) is 0.831. The molecule has 7 nitrogen and oxygen atoms in total. The van der Waals surface area contributed by atoms with E-state index in [0.717, 1.165) is 30.6 Å². The largest absolute Gasteiger partial charge is 0.362 e. The fraction of sp³-hybridized carbons (Fsp3) is 0.222. The summed E-state index contributed by atoms with van der Waals surface area (Å²) in [4.78, 5) is 21.5. The van der Waals surface area contributed by atoms with E-state index in [1.54, 1.807) is 12.4 Å². The van der Waals surface area contributed by atoms with E-state index in [2.05, 4.69) is 42.5 Å². The van der Waals surface area contributed by atoms with Crippen LogP contribution in [0, 0.1) is 0 Å². The van der Waals surface area contributed by atoms with Gasteiger partial charge in [0.15, 0.2) is 5.82 Å². The maximum Gasteiger partial charge on any atom is 0.246 e. The zero-order valence-electron chi connectivity index (χ0n) is 13.6. The number of fused-ring (bicyclic) bond motifs is 1. The van der Waals surface area contributed by atoms with Gasteiger partial charge in [-0.1, -0.05) is 18.2 Å². The monoisotopic (exact) mass is 334 g/mol. The molecule has 0 radical (unpaired) electrons. The minimum absolute atomic E-state index is 0.117. The van der Waals surface area contributed by atoms with Crippen LogP contribution >= 0.6 is 0 Å². The summed E-state index contributed by atoms with van der Waals surface area (Å²) in [6.07, 6.45) is 5.48. The zero-order valence-corrected chi connectivity index (χ0v) is 13.6. The van der Waals surface area contributed by atoms with Crippen LogP contribution in [0.4, 0.5) is 11.6 Å². The van der Waals surface area contributed by atoms with Gasteiger partial charge in [0.25, 0.3) is 0 Å². The molecule has 0 unspecified atom stereocenters. The van der Waals surface area contributed by atoms with Crippen molar-refractivity contribution in [3.8, 4) is 11.4 Å².